The summed E-state index contributed by atoms with van der Waals surface area (Å²) in [5.74, 6) is 0.881. The van der Waals surface area contributed by atoms with Crippen LogP contribution in [0.4, 0.5) is 5.82 Å². The number of rotatable bonds is 3. The highest BCUT2D eigenvalue weighted by atomic mass is 35.5. The predicted molar refractivity (Wildman–Crippen MR) is 115 cm³/mol. The number of aromatic hydroxyl groups is 1. The van der Waals surface area contributed by atoms with Crippen molar-refractivity contribution >= 4 is 18.2 Å². The highest BCUT2D eigenvalue weighted by Crippen LogP contribution is 2.31. The number of hydrogen-bond donors (Lipinski definition) is 3. The molecule has 0 saturated carbocycles. The van der Waals surface area contributed by atoms with Gasteiger partial charge in [-0.3, -0.25) is 5.10 Å². The lowest BCUT2D eigenvalue weighted by Crippen LogP contribution is -2.67. The van der Waals surface area contributed by atoms with Crippen LogP contribution < -0.4 is 10.2 Å². The van der Waals surface area contributed by atoms with Gasteiger partial charge < -0.3 is 15.3 Å². The molecule has 0 bridgehead atoms. The first-order valence-electron chi connectivity index (χ1n) is 9.29. The molecule has 9 heteroatoms. The minimum Gasteiger partial charge on any atom is -0.506 e. The normalized spacial score (nSPS) is 17.6. The molecule has 0 atom stereocenters. The third-order valence-electron chi connectivity index (χ3n) is 4.77. The molecule has 154 valence electrons. The van der Waals surface area contributed by atoms with Crippen LogP contribution in [0, 0.1) is 0 Å². The van der Waals surface area contributed by atoms with Crippen molar-refractivity contribution in [3.05, 3.63) is 36.8 Å². The Balaban J connectivity index is 0.00000240. The van der Waals surface area contributed by atoms with Crippen molar-refractivity contribution in [2.24, 2.45) is 0 Å². The Kier molecular flexibility index (Phi) is 5.51. The van der Waals surface area contributed by atoms with Gasteiger partial charge in [-0.2, -0.15) is 5.10 Å². The van der Waals surface area contributed by atoms with E-state index in [2.05, 4.69) is 63.3 Å². The van der Waals surface area contributed by atoms with Gasteiger partial charge in [-0.15, -0.1) is 22.6 Å². The Hall–Kier alpha value is -2.71. The van der Waals surface area contributed by atoms with E-state index < -0.39 is 0 Å². The van der Waals surface area contributed by atoms with Crippen molar-refractivity contribution in [2.75, 3.05) is 18.0 Å². The van der Waals surface area contributed by atoms with Gasteiger partial charge in [0.15, 0.2) is 5.82 Å². The molecular formula is C20H26ClN7O. The molecule has 4 heterocycles. The van der Waals surface area contributed by atoms with Crippen LogP contribution in [0.2, 0.25) is 0 Å². The number of pyridine rings is 1. The van der Waals surface area contributed by atoms with Crippen LogP contribution in [0.15, 0.2) is 36.8 Å². The largest absolute Gasteiger partial charge is 0.506 e. The fourth-order valence-corrected chi connectivity index (χ4v) is 4.00. The highest BCUT2D eigenvalue weighted by Gasteiger charge is 2.37. The monoisotopic (exact) mass is 415 g/mol. The fourth-order valence-electron chi connectivity index (χ4n) is 4.00. The average molecular weight is 416 g/mol. The third kappa shape index (κ3) is 4.49. The van der Waals surface area contributed by atoms with Crippen molar-refractivity contribution in [3.63, 3.8) is 0 Å². The molecule has 0 aromatic carbocycles. The van der Waals surface area contributed by atoms with Gasteiger partial charge in [0.05, 0.1) is 6.20 Å². The van der Waals surface area contributed by atoms with Crippen molar-refractivity contribution in [3.8, 4) is 28.3 Å². The van der Waals surface area contributed by atoms with E-state index in [9.17, 15) is 5.11 Å². The van der Waals surface area contributed by atoms with Gasteiger partial charge in [0, 0.05) is 47.7 Å². The Morgan fingerprint density at radius 2 is 1.72 bits per heavy atom. The van der Waals surface area contributed by atoms with Crippen LogP contribution in [0.5, 0.6) is 5.75 Å². The van der Waals surface area contributed by atoms with Crippen LogP contribution >= 0.6 is 12.4 Å². The van der Waals surface area contributed by atoms with Crippen molar-refractivity contribution in [1.82, 2.24) is 30.7 Å². The van der Waals surface area contributed by atoms with Gasteiger partial charge in [0.2, 0.25) is 0 Å². The second kappa shape index (κ2) is 7.61. The summed E-state index contributed by atoms with van der Waals surface area (Å²) < 4.78 is 0. The lowest BCUT2D eigenvalue weighted by Gasteiger charge is -2.48. The summed E-state index contributed by atoms with van der Waals surface area (Å²) in [7, 11) is 0. The molecule has 1 aliphatic heterocycles. The third-order valence-corrected chi connectivity index (χ3v) is 4.77. The predicted octanol–water partition coefficient (Wildman–Crippen LogP) is 3.02. The zero-order chi connectivity index (χ0) is 19.9. The smallest absolute Gasteiger partial charge is 0.151 e. The Morgan fingerprint density at radius 1 is 1.00 bits per heavy atom. The van der Waals surface area contributed by atoms with E-state index in [1.807, 2.05) is 12.1 Å². The summed E-state index contributed by atoms with van der Waals surface area (Å²) in [5, 5.41) is 29.5. The molecule has 3 N–H and O–H groups in total. The molecular weight excluding hydrogens is 390 g/mol. The molecule has 29 heavy (non-hydrogen) atoms. The van der Waals surface area contributed by atoms with E-state index in [1.165, 1.54) is 0 Å². The number of anilines is 1. The van der Waals surface area contributed by atoms with E-state index in [0.29, 0.717) is 11.4 Å². The minimum atomic E-state index is -0.0230. The van der Waals surface area contributed by atoms with E-state index in [0.717, 1.165) is 30.0 Å². The van der Waals surface area contributed by atoms with E-state index in [-0.39, 0.29) is 29.2 Å². The van der Waals surface area contributed by atoms with Crippen LogP contribution in [0.1, 0.15) is 27.7 Å². The number of nitrogens with zero attached hydrogens (tertiary/aromatic N) is 5. The SMILES string of the molecule is CC1(C)CN(c2ccc(-c3ncc(-c4cn[nH]c4)cc3O)nn2)CC(C)(C)N1.Cl. The molecule has 3 aromatic rings. The lowest BCUT2D eigenvalue weighted by molar-refractivity contribution is 0.225. The Labute approximate surface area is 176 Å². The number of H-pyrrole nitrogens is 1. The summed E-state index contributed by atoms with van der Waals surface area (Å²) in [5.41, 5.74) is 2.54. The molecule has 1 saturated heterocycles. The average Bonchev–Trinajstić information content (AvgIpc) is 3.14. The van der Waals surface area contributed by atoms with Crippen LogP contribution in [0.3, 0.4) is 0 Å². The number of nitrogens with one attached hydrogen (secondary N) is 2. The lowest BCUT2D eigenvalue weighted by atomic mass is 9.91. The molecule has 0 spiro atoms. The van der Waals surface area contributed by atoms with Crippen molar-refractivity contribution < 1.29 is 5.11 Å². The first-order chi connectivity index (χ1) is 13.2. The van der Waals surface area contributed by atoms with Gasteiger partial charge in [-0.05, 0) is 45.9 Å². The molecule has 0 aliphatic carbocycles. The van der Waals surface area contributed by atoms with Gasteiger partial charge in [-0.1, -0.05) is 0 Å². The maximum Gasteiger partial charge on any atom is 0.151 e. The Morgan fingerprint density at radius 3 is 2.28 bits per heavy atom. The van der Waals surface area contributed by atoms with Crippen molar-refractivity contribution in [1.29, 1.82) is 0 Å². The Bertz CT molecular complexity index is 955. The molecule has 0 amide bonds. The van der Waals surface area contributed by atoms with Crippen LogP contribution in [0.25, 0.3) is 22.5 Å². The first kappa shape index (κ1) is 21.0. The first-order valence-corrected chi connectivity index (χ1v) is 9.29. The topological polar surface area (TPSA) is 103 Å². The number of aromatic amines is 1. The second-order valence-electron chi connectivity index (χ2n) is 8.60. The van der Waals surface area contributed by atoms with E-state index in [1.54, 1.807) is 24.7 Å². The molecule has 1 aliphatic rings. The number of aromatic nitrogens is 5. The standard InChI is InChI=1S/C20H25N7O.ClH/c1-19(2)11-27(12-20(3,4)26-19)17-6-5-15(24-25-17)18-16(28)7-13(8-21-18)14-9-22-23-10-14;/h5-10,26,28H,11-12H2,1-4H3,(H,22,23);1H. The second-order valence-corrected chi connectivity index (χ2v) is 8.60. The van der Waals surface area contributed by atoms with E-state index >= 15 is 0 Å². The fraction of sp³-hybridized carbons (Fsp3) is 0.400. The quantitative estimate of drug-likeness (QED) is 0.604. The van der Waals surface area contributed by atoms with Crippen molar-refractivity contribution in [2.45, 2.75) is 38.8 Å². The summed E-state index contributed by atoms with van der Waals surface area (Å²) in [4.78, 5) is 6.61. The van der Waals surface area contributed by atoms with Gasteiger partial charge >= 0.3 is 0 Å². The molecule has 8 nitrogen and oxygen atoms in total. The summed E-state index contributed by atoms with van der Waals surface area (Å²) >= 11 is 0. The molecule has 1 fully saturated rings. The molecule has 3 aromatic heterocycles. The summed E-state index contributed by atoms with van der Waals surface area (Å²) in [6.45, 7) is 10.4. The number of piperazine rings is 1. The molecule has 0 radical (unpaired) electrons. The summed E-state index contributed by atoms with van der Waals surface area (Å²) in [6.07, 6.45) is 5.12. The zero-order valence-electron chi connectivity index (χ0n) is 17.0. The van der Waals surface area contributed by atoms with Gasteiger partial charge in [0.1, 0.15) is 17.1 Å². The summed E-state index contributed by atoms with van der Waals surface area (Å²) in [6, 6.07) is 5.44. The number of halogens is 1. The minimum absolute atomic E-state index is 0. The maximum absolute atomic E-state index is 10.4. The van der Waals surface area contributed by atoms with E-state index in [4.69, 9.17) is 0 Å². The molecule has 4 rings (SSSR count). The van der Waals surface area contributed by atoms with Gasteiger partial charge in [-0.25, -0.2) is 4.98 Å². The molecule has 0 unspecified atom stereocenters. The highest BCUT2D eigenvalue weighted by molar-refractivity contribution is 5.85. The number of hydrogen-bond acceptors (Lipinski definition) is 7. The van der Waals surface area contributed by atoms with Gasteiger partial charge in [0.25, 0.3) is 0 Å². The van der Waals surface area contributed by atoms with Crippen LogP contribution in [-0.4, -0.2) is 54.7 Å². The zero-order valence-corrected chi connectivity index (χ0v) is 17.8. The maximum atomic E-state index is 10.4. The van der Waals surface area contributed by atoms with Crippen LogP contribution in [-0.2, 0) is 0 Å².